The molecule has 0 unspecified atom stereocenters. The summed E-state index contributed by atoms with van der Waals surface area (Å²) < 4.78 is 1.17. The largest absolute Gasteiger partial charge is 0.298 e. The Morgan fingerprint density at radius 2 is 2.07 bits per heavy atom. The van der Waals surface area contributed by atoms with Crippen molar-refractivity contribution < 1.29 is 4.79 Å². The monoisotopic (exact) mass is 202 g/mol. The molecule has 0 N–H and O–H groups in total. The minimum atomic E-state index is 0.809. The van der Waals surface area contributed by atoms with Gasteiger partial charge in [-0.1, -0.05) is 24.3 Å². The van der Waals surface area contributed by atoms with Crippen LogP contribution in [0.5, 0.6) is 0 Å². The normalized spacial score (nSPS) is 11.2. The van der Waals surface area contributed by atoms with E-state index in [1.807, 2.05) is 43.3 Å². The lowest BCUT2D eigenvalue weighted by atomic mass is 10.1. The maximum atomic E-state index is 11.0. The van der Waals surface area contributed by atoms with Gasteiger partial charge in [0.15, 0.2) is 6.29 Å². The van der Waals surface area contributed by atoms with Gasteiger partial charge in [0.05, 0.1) is 0 Å². The van der Waals surface area contributed by atoms with Gasteiger partial charge in [0.25, 0.3) is 0 Å². The fourth-order valence-electron chi connectivity index (χ4n) is 1.48. The van der Waals surface area contributed by atoms with Crippen LogP contribution in [0.3, 0.4) is 0 Å². The Kier molecular flexibility index (Phi) is 2.46. The second kappa shape index (κ2) is 3.76. The van der Waals surface area contributed by atoms with Crippen molar-refractivity contribution >= 4 is 33.8 Å². The number of hydrogen-bond donors (Lipinski definition) is 0. The van der Waals surface area contributed by atoms with Gasteiger partial charge in [-0.15, -0.1) is 11.3 Å². The minimum Gasteiger partial charge on any atom is -0.298 e. The maximum absolute atomic E-state index is 11.0. The van der Waals surface area contributed by atoms with Crippen molar-refractivity contribution in [3.8, 4) is 0 Å². The third-order valence-corrected chi connectivity index (χ3v) is 3.25. The Balaban J connectivity index is 2.78. The number of carbonyl (C=O) groups is 1. The summed E-state index contributed by atoms with van der Waals surface area (Å²) in [6.07, 6.45) is 4.88. The van der Waals surface area contributed by atoms with Gasteiger partial charge in [-0.05, 0) is 19.1 Å². The van der Waals surface area contributed by atoms with E-state index in [-0.39, 0.29) is 0 Å². The topological polar surface area (TPSA) is 17.1 Å². The van der Waals surface area contributed by atoms with Crippen molar-refractivity contribution in [3.05, 3.63) is 40.8 Å². The molecule has 0 saturated heterocycles. The molecule has 0 amide bonds. The van der Waals surface area contributed by atoms with Crippen molar-refractivity contribution in [1.82, 2.24) is 0 Å². The highest BCUT2D eigenvalue weighted by Crippen LogP contribution is 2.30. The van der Waals surface area contributed by atoms with E-state index in [0.717, 1.165) is 22.1 Å². The highest BCUT2D eigenvalue weighted by Gasteiger charge is 2.07. The van der Waals surface area contributed by atoms with Gasteiger partial charge in [0, 0.05) is 20.5 Å². The van der Waals surface area contributed by atoms with E-state index in [1.165, 1.54) is 4.70 Å². The standard InChI is InChI=1S/C12H10OS/c1-2-5-11-10(8-13)9-6-3-4-7-12(9)14-11/h2-8H,1H3. The van der Waals surface area contributed by atoms with Gasteiger partial charge in [-0.2, -0.15) is 0 Å². The third kappa shape index (κ3) is 1.38. The van der Waals surface area contributed by atoms with Crippen LogP contribution in [0, 0.1) is 0 Å². The number of carbonyl (C=O) groups excluding carboxylic acids is 1. The van der Waals surface area contributed by atoms with Crippen molar-refractivity contribution in [2.45, 2.75) is 6.92 Å². The van der Waals surface area contributed by atoms with E-state index in [4.69, 9.17) is 0 Å². The van der Waals surface area contributed by atoms with Crippen molar-refractivity contribution in [2.24, 2.45) is 0 Å². The zero-order valence-corrected chi connectivity index (χ0v) is 8.67. The maximum Gasteiger partial charge on any atom is 0.152 e. The van der Waals surface area contributed by atoms with Crippen LogP contribution in [0.1, 0.15) is 22.2 Å². The number of aldehydes is 1. The van der Waals surface area contributed by atoms with Crippen LogP contribution < -0.4 is 0 Å². The molecular formula is C12H10OS. The molecule has 1 heterocycles. The van der Waals surface area contributed by atoms with Crippen molar-refractivity contribution in [1.29, 1.82) is 0 Å². The molecule has 0 aliphatic heterocycles. The Morgan fingerprint density at radius 3 is 2.79 bits per heavy atom. The van der Waals surface area contributed by atoms with Crippen LogP contribution in [0.4, 0.5) is 0 Å². The first-order valence-corrected chi connectivity index (χ1v) is 5.28. The van der Waals surface area contributed by atoms with E-state index < -0.39 is 0 Å². The molecule has 1 aromatic heterocycles. The first-order valence-electron chi connectivity index (χ1n) is 4.46. The van der Waals surface area contributed by atoms with Gasteiger partial charge in [0.2, 0.25) is 0 Å². The lowest BCUT2D eigenvalue weighted by Crippen LogP contribution is -1.78. The fraction of sp³-hybridized carbons (Fsp3) is 0.0833. The van der Waals surface area contributed by atoms with E-state index in [1.54, 1.807) is 11.3 Å². The zero-order chi connectivity index (χ0) is 9.97. The smallest absolute Gasteiger partial charge is 0.152 e. The minimum absolute atomic E-state index is 0.809. The zero-order valence-electron chi connectivity index (χ0n) is 7.86. The highest BCUT2D eigenvalue weighted by molar-refractivity contribution is 7.20. The van der Waals surface area contributed by atoms with Crippen molar-refractivity contribution in [3.63, 3.8) is 0 Å². The molecule has 0 saturated carbocycles. The van der Waals surface area contributed by atoms with E-state index >= 15 is 0 Å². The molecule has 0 atom stereocenters. The summed E-state index contributed by atoms with van der Waals surface area (Å²) in [5.74, 6) is 0. The van der Waals surface area contributed by atoms with Gasteiger partial charge in [-0.3, -0.25) is 4.79 Å². The van der Waals surface area contributed by atoms with Crippen LogP contribution in [-0.2, 0) is 0 Å². The Bertz CT molecular complexity index is 494. The molecule has 2 heteroatoms. The number of benzene rings is 1. The molecule has 0 spiro atoms. The number of fused-ring (bicyclic) bond motifs is 1. The van der Waals surface area contributed by atoms with E-state index in [2.05, 4.69) is 0 Å². The third-order valence-electron chi connectivity index (χ3n) is 2.10. The lowest BCUT2D eigenvalue weighted by molar-refractivity contribution is 0.112. The predicted octanol–water partition coefficient (Wildman–Crippen LogP) is 3.75. The summed E-state index contributed by atoms with van der Waals surface area (Å²) in [6.45, 7) is 1.96. The van der Waals surface area contributed by atoms with E-state index in [0.29, 0.717) is 0 Å². The van der Waals surface area contributed by atoms with Crippen LogP contribution in [-0.4, -0.2) is 6.29 Å². The molecule has 1 aromatic carbocycles. The molecule has 1 nitrogen and oxygen atoms in total. The van der Waals surface area contributed by atoms with E-state index in [9.17, 15) is 4.79 Å². The summed E-state index contributed by atoms with van der Waals surface area (Å²) in [5, 5.41) is 1.06. The second-order valence-electron chi connectivity index (χ2n) is 2.99. The molecule has 0 aliphatic carbocycles. The number of rotatable bonds is 2. The molecule has 0 fully saturated rings. The first kappa shape index (κ1) is 9.16. The molecular weight excluding hydrogens is 192 g/mol. The summed E-state index contributed by atoms with van der Waals surface area (Å²) in [7, 11) is 0. The molecule has 2 aromatic rings. The van der Waals surface area contributed by atoms with Crippen LogP contribution in [0.15, 0.2) is 30.3 Å². The molecule has 70 valence electrons. The van der Waals surface area contributed by atoms with Crippen LogP contribution in [0.25, 0.3) is 16.2 Å². The molecule has 0 bridgehead atoms. The predicted molar refractivity (Wildman–Crippen MR) is 61.9 cm³/mol. The Morgan fingerprint density at radius 1 is 1.29 bits per heavy atom. The number of allylic oxidation sites excluding steroid dienone is 1. The lowest BCUT2D eigenvalue weighted by Gasteiger charge is -1.88. The summed E-state index contributed by atoms with van der Waals surface area (Å²) >= 11 is 1.65. The second-order valence-corrected chi connectivity index (χ2v) is 4.08. The van der Waals surface area contributed by atoms with Crippen LogP contribution in [0.2, 0.25) is 0 Å². The molecule has 14 heavy (non-hydrogen) atoms. The molecule has 0 radical (unpaired) electrons. The quantitative estimate of drug-likeness (QED) is 0.678. The summed E-state index contributed by atoms with van der Waals surface area (Å²) in [5.41, 5.74) is 0.809. The number of thiophene rings is 1. The Labute approximate surface area is 86.7 Å². The average molecular weight is 202 g/mol. The fourth-order valence-corrected chi connectivity index (χ4v) is 2.62. The van der Waals surface area contributed by atoms with Gasteiger partial charge < -0.3 is 0 Å². The molecule has 0 aliphatic rings. The first-order chi connectivity index (χ1) is 6.86. The SMILES string of the molecule is CC=Cc1sc2ccccc2c1C=O. The van der Waals surface area contributed by atoms with Gasteiger partial charge >= 0.3 is 0 Å². The molecule has 2 rings (SSSR count). The summed E-state index contributed by atoms with van der Waals surface area (Å²) in [6, 6.07) is 7.98. The van der Waals surface area contributed by atoms with Crippen molar-refractivity contribution in [2.75, 3.05) is 0 Å². The Hall–Kier alpha value is -1.41. The average Bonchev–Trinajstić information content (AvgIpc) is 2.55. The highest BCUT2D eigenvalue weighted by atomic mass is 32.1. The number of hydrogen-bond acceptors (Lipinski definition) is 2. The summed E-state index contributed by atoms with van der Waals surface area (Å²) in [4.78, 5) is 12.0. The van der Waals surface area contributed by atoms with Gasteiger partial charge in [0.1, 0.15) is 0 Å². The van der Waals surface area contributed by atoms with Gasteiger partial charge in [-0.25, -0.2) is 0 Å². The van der Waals surface area contributed by atoms with Crippen LogP contribution >= 0.6 is 11.3 Å².